The van der Waals surface area contributed by atoms with Crippen molar-refractivity contribution in [1.29, 1.82) is 0 Å². The average Bonchev–Trinajstić information content (AvgIpc) is 2.81. The van der Waals surface area contributed by atoms with Gasteiger partial charge in [-0.1, -0.05) is 11.6 Å². The van der Waals surface area contributed by atoms with Crippen LogP contribution in [-0.4, -0.2) is 16.1 Å². The molecule has 1 atom stereocenters. The summed E-state index contributed by atoms with van der Waals surface area (Å²) >= 11 is 10.6. The third-order valence-corrected chi connectivity index (χ3v) is 4.29. The van der Waals surface area contributed by atoms with Crippen LogP contribution in [0.1, 0.15) is 11.7 Å². The number of halogens is 2. The number of benzene rings is 1. The number of nitrogens with zero attached hydrogens (tertiary/aromatic N) is 1. The van der Waals surface area contributed by atoms with Gasteiger partial charge in [-0.25, -0.2) is 4.98 Å². The number of aliphatic carboxylic acids is 1. The van der Waals surface area contributed by atoms with Crippen molar-refractivity contribution in [2.45, 2.75) is 6.04 Å². The van der Waals surface area contributed by atoms with Gasteiger partial charge in [0.25, 0.3) is 0 Å². The van der Waals surface area contributed by atoms with Crippen molar-refractivity contribution in [2.24, 2.45) is 5.73 Å². The predicted octanol–water partition coefficient (Wildman–Crippen LogP) is 3.39. The second-order valence-corrected chi connectivity index (χ2v) is 5.77. The summed E-state index contributed by atoms with van der Waals surface area (Å²) in [5.74, 6) is -1.11. The van der Waals surface area contributed by atoms with E-state index in [1.165, 1.54) is 11.3 Å². The zero-order chi connectivity index (χ0) is 14.0. The molecule has 1 heterocycles. The number of nitrogens with one attached hydrogen (secondary N) is 1. The van der Waals surface area contributed by atoms with Gasteiger partial charge in [-0.05, 0) is 34.1 Å². The normalized spacial score (nSPS) is 12.2. The second kappa shape index (κ2) is 5.87. The molecule has 2 aromatic rings. The Labute approximate surface area is 126 Å². The molecule has 1 aromatic heterocycles. The van der Waals surface area contributed by atoms with Crippen LogP contribution in [0.25, 0.3) is 0 Å². The van der Waals surface area contributed by atoms with Crippen LogP contribution in [0, 0.1) is 0 Å². The Morgan fingerprint density at radius 3 is 2.95 bits per heavy atom. The van der Waals surface area contributed by atoms with E-state index in [0.29, 0.717) is 15.8 Å². The van der Waals surface area contributed by atoms with Crippen molar-refractivity contribution < 1.29 is 9.90 Å². The highest BCUT2D eigenvalue weighted by Gasteiger charge is 2.17. The molecule has 19 heavy (non-hydrogen) atoms. The molecular formula is C11H9BrClN3O2S. The van der Waals surface area contributed by atoms with Crippen LogP contribution in [0.5, 0.6) is 0 Å². The van der Waals surface area contributed by atoms with Gasteiger partial charge < -0.3 is 16.2 Å². The number of thiazole rings is 1. The Morgan fingerprint density at radius 2 is 2.32 bits per heavy atom. The number of carbonyl (C=O) groups is 1. The number of nitrogens with two attached hydrogens (primary N) is 1. The Balaban J connectivity index is 2.15. The van der Waals surface area contributed by atoms with Gasteiger partial charge in [0.15, 0.2) is 5.13 Å². The standard InChI is InChI=1S/C11H9BrClN3O2S/c12-6-2-1-5(3-7(6)13)15-11-16-8(4-19-11)9(14)10(17)18/h1-4,9H,14H2,(H,15,16)(H,17,18). The molecule has 0 aliphatic carbocycles. The number of anilines is 2. The van der Waals surface area contributed by atoms with Crippen LogP contribution < -0.4 is 11.1 Å². The number of rotatable bonds is 4. The monoisotopic (exact) mass is 361 g/mol. The minimum Gasteiger partial charge on any atom is -0.480 e. The van der Waals surface area contributed by atoms with Crippen LogP contribution in [0.3, 0.4) is 0 Å². The summed E-state index contributed by atoms with van der Waals surface area (Å²) in [5, 5.41) is 14.6. The lowest BCUT2D eigenvalue weighted by Gasteiger charge is -2.04. The van der Waals surface area contributed by atoms with Gasteiger partial charge in [-0.15, -0.1) is 11.3 Å². The van der Waals surface area contributed by atoms with E-state index in [4.69, 9.17) is 22.4 Å². The van der Waals surface area contributed by atoms with Crippen LogP contribution in [0.4, 0.5) is 10.8 Å². The molecule has 0 saturated heterocycles. The summed E-state index contributed by atoms with van der Waals surface area (Å²) in [5.41, 5.74) is 6.56. The van der Waals surface area contributed by atoms with Gasteiger partial charge in [-0.2, -0.15) is 0 Å². The fraction of sp³-hybridized carbons (Fsp3) is 0.0909. The zero-order valence-corrected chi connectivity index (χ0v) is 12.6. The molecule has 0 bridgehead atoms. The molecule has 4 N–H and O–H groups in total. The molecule has 0 radical (unpaired) electrons. The van der Waals surface area contributed by atoms with Gasteiger partial charge in [-0.3, -0.25) is 4.79 Å². The topological polar surface area (TPSA) is 88.2 Å². The molecule has 0 aliphatic rings. The predicted molar refractivity (Wildman–Crippen MR) is 79.1 cm³/mol. The summed E-state index contributed by atoms with van der Waals surface area (Å²) in [6, 6.07) is 4.26. The molecule has 0 spiro atoms. The Bertz CT molecular complexity index is 620. The number of carboxylic acid groups (broad SMARTS) is 1. The van der Waals surface area contributed by atoms with Crippen LogP contribution >= 0.6 is 38.9 Å². The molecule has 8 heteroatoms. The fourth-order valence-electron chi connectivity index (χ4n) is 1.31. The quantitative estimate of drug-likeness (QED) is 0.776. The molecule has 1 aromatic carbocycles. The number of hydrogen-bond donors (Lipinski definition) is 3. The molecule has 2 rings (SSSR count). The Kier molecular flexibility index (Phi) is 4.41. The van der Waals surface area contributed by atoms with Crippen LogP contribution in [0.2, 0.25) is 5.02 Å². The van der Waals surface area contributed by atoms with Crippen LogP contribution in [0.15, 0.2) is 28.1 Å². The summed E-state index contributed by atoms with van der Waals surface area (Å²) in [7, 11) is 0. The van der Waals surface area contributed by atoms with Crippen molar-refractivity contribution in [3.63, 3.8) is 0 Å². The van der Waals surface area contributed by atoms with Crippen molar-refractivity contribution in [3.8, 4) is 0 Å². The van der Waals surface area contributed by atoms with E-state index < -0.39 is 12.0 Å². The maximum absolute atomic E-state index is 10.7. The van der Waals surface area contributed by atoms with E-state index in [1.54, 1.807) is 11.4 Å². The smallest absolute Gasteiger partial charge is 0.326 e. The minimum atomic E-state index is -1.11. The molecule has 0 amide bonds. The lowest BCUT2D eigenvalue weighted by Crippen LogP contribution is -2.20. The lowest BCUT2D eigenvalue weighted by molar-refractivity contribution is -0.138. The van der Waals surface area contributed by atoms with Gasteiger partial charge in [0.2, 0.25) is 0 Å². The highest BCUT2D eigenvalue weighted by Crippen LogP contribution is 2.29. The Hall–Kier alpha value is -1.15. The first-order chi connectivity index (χ1) is 8.97. The summed E-state index contributed by atoms with van der Waals surface area (Å²) in [6.07, 6.45) is 0. The van der Waals surface area contributed by atoms with Gasteiger partial charge in [0, 0.05) is 15.5 Å². The number of aromatic nitrogens is 1. The van der Waals surface area contributed by atoms with E-state index in [9.17, 15) is 4.79 Å². The molecule has 0 saturated carbocycles. The zero-order valence-electron chi connectivity index (χ0n) is 9.43. The molecule has 0 aliphatic heterocycles. The highest BCUT2D eigenvalue weighted by atomic mass is 79.9. The van der Waals surface area contributed by atoms with Gasteiger partial charge in [0.1, 0.15) is 6.04 Å². The Morgan fingerprint density at radius 1 is 1.58 bits per heavy atom. The van der Waals surface area contributed by atoms with Crippen molar-refractivity contribution in [1.82, 2.24) is 4.98 Å². The first kappa shape index (κ1) is 14.3. The van der Waals surface area contributed by atoms with Gasteiger partial charge >= 0.3 is 5.97 Å². The molecular weight excluding hydrogens is 354 g/mol. The van der Waals surface area contributed by atoms with E-state index >= 15 is 0 Å². The largest absolute Gasteiger partial charge is 0.480 e. The maximum Gasteiger partial charge on any atom is 0.326 e. The molecule has 5 nitrogen and oxygen atoms in total. The summed E-state index contributed by atoms with van der Waals surface area (Å²) in [6.45, 7) is 0. The minimum absolute atomic E-state index is 0.322. The number of carboxylic acids is 1. The van der Waals surface area contributed by atoms with Crippen molar-refractivity contribution >= 4 is 55.7 Å². The average molecular weight is 363 g/mol. The first-order valence-electron chi connectivity index (χ1n) is 5.13. The van der Waals surface area contributed by atoms with E-state index in [1.807, 2.05) is 12.1 Å². The van der Waals surface area contributed by atoms with E-state index in [0.717, 1.165) is 10.2 Å². The SMILES string of the molecule is NC(C(=O)O)c1csc(Nc2ccc(Br)c(Cl)c2)n1. The van der Waals surface area contributed by atoms with Gasteiger partial charge in [0.05, 0.1) is 10.7 Å². The lowest BCUT2D eigenvalue weighted by atomic mass is 10.2. The number of hydrogen-bond acceptors (Lipinski definition) is 5. The first-order valence-corrected chi connectivity index (χ1v) is 7.18. The van der Waals surface area contributed by atoms with Crippen molar-refractivity contribution in [3.05, 3.63) is 38.8 Å². The second-order valence-electron chi connectivity index (χ2n) is 3.65. The third-order valence-electron chi connectivity index (χ3n) is 2.28. The fourth-order valence-corrected chi connectivity index (χ4v) is 2.50. The molecule has 0 fully saturated rings. The molecule has 1 unspecified atom stereocenters. The maximum atomic E-state index is 10.7. The third kappa shape index (κ3) is 3.44. The van der Waals surface area contributed by atoms with Crippen LogP contribution in [-0.2, 0) is 4.79 Å². The van der Waals surface area contributed by atoms with E-state index in [-0.39, 0.29) is 0 Å². The molecule has 100 valence electrons. The van der Waals surface area contributed by atoms with E-state index in [2.05, 4.69) is 26.2 Å². The summed E-state index contributed by atoms with van der Waals surface area (Å²) < 4.78 is 0.799. The highest BCUT2D eigenvalue weighted by molar-refractivity contribution is 9.10. The summed E-state index contributed by atoms with van der Waals surface area (Å²) in [4.78, 5) is 14.9. The van der Waals surface area contributed by atoms with Crippen molar-refractivity contribution in [2.75, 3.05) is 5.32 Å².